The van der Waals surface area contributed by atoms with Gasteiger partial charge in [0, 0.05) is 0 Å². The zero-order valence-corrected chi connectivity index (χ0v) is 9.73. The molecule has 4 heteroatoms. The van der Waals surface area contributed by atoms with Gasteiger partial charge in [-0.2, -0.15) is 0 Å². The van der Waals surface area contributed by atoms with Crippen LogP contribution in [0.15, 0.2) is 0 Å². The summed E-state index contributed by atoms with van der Waals surface area (Å²) in [6.07, 6.45) is 0.657. The number of hydrogen-bond donors (Lipinski definition) is 0. The Labute approximate surface area is 94.3 Å². The van der Waals surface area contributed by atoms with Crippen molar-refractivity contribution < 1.29 is 19.1 Å². The lowest BCUT2D eigenvalue weighted by molar-refractivity contribution is -0.157. The SMILES string of the molecule is CC(C)(C)C1CC2OC1C1C(=O)OC(=O)C21. The monoisotopic (exact) mass is 224 g/mol. The first-order chi connectivity index (χ1) is 7.39. The third kappa shape index (κ3) is 1.14. The van der Waals surface area contributed by atoms with Gasteiger partial charge >= 0.3 is 11.9 Å². The Kier molecular flexibility index (Phi) is 1.83. The molecule has 3 rings (SSSR count). The molecule has 2 bridgehead atoms. The van der Waals surface area contributed by atoms with Gasteiger partial charge < -0.3 is 9.47 Å². The van der Waals surface area contributed by atoms with Gasteiger partial charge in [0.25, 0.3) is 0 Å². The van der Waals surface area contributed by atoms with Crippen molar-refractivity contribution in [3.63, 3.8) is 0 Å². The van der Waals surface area contributed by atoms with Crippen LogP contribution in [0, 0.1) is 23.2 Å². The first-order valence-corrected chi connectivity index (χ1v) is 5.80. The lowest BCUT2D eigenvalue weighted by Crippen LogP contribution is -2.40. The molecule has 0 aromatic rings. The highest BCUT2D eigenvalue weighted by atomic mass is 16.6. The maximum atomic E-state index is 11.6. The summed E-state index contributed by atoms with van der Waals surface area (Å²) in [5.41, 5.74) is 0.107. The average molecular weight is 224 g/mol. The van der Waals surface area contributed by atoms with Gasteiger partial charge in [0.1, 0.15) is 0 Å². The molecule has 0 spiro atoms. The van der Waals surface area contributed by atoms with Crippen LogP contribution in [0.2, 0.25) is 0 Å². The quantitative estimate of drug-likeness (QED) is 0.457. The molecule has 16 heavy (non-hydrogen) atoms. The molecule has 3 aliphatic rings. The fraction of sp³-hybridized carbons (Fsp3) is 0.833. The summed E-state index contributed by atoms with van der Waals surface area (Å²) < 4.78 is 10.5. The van der Waals surface area contributed by atoms with E-state index in [2.05, 4.69) is 20.8 Å². The zero-order valence-electron chi connectivity index (χ0n) is 9.73. The lowest BCUT2D eigenvalue weighted by atomic mass is 9.66. The van der Waals surface area contributed by atoms with Crippen LogP contribution in [0.5, 0.6) is 0 Å². The van der Waals surface area contributed by atoms with Crippen LogP contribution in [0.4, 0.5) is 0 Å². The van der Waals surface area contributed by atoms with Crippen LogP contribution in [0.3, 0.4) is 0 Å². The molecule has 0 aliphatic carbocycles. The predicted molar refractivity (Wildman–Crippen MR) is 54.3 cm³/mol. The number of hydrogen-bond acceptors (Lipinski definition) is 4. The molecule has 0 saturated carbocycles. The maximum absolute atomic E-state index is 11.6. The molecule has 5 unspecified atom stereocenters. The van der Waals surface area contributed by atoms with Crippen LogP contribution in [0.1, 0.15) is 27.2 Å². The van der Waals surface area contributed by atoms with Crippen molar-refractivity contribution in [1.82, 2.24) is 0 Å². The molecule has 4 nitrogen and oxygen atoms in total. The van der Waals surface area contributed by atoms with Crippen LogP contribution >= 0.6 is 0 Å². The molecule has 0 aromatic heterocycles. The number of esters is 2. The Morgan fingerprint density at radius 1 is 1.12 bits per heavy atom. The fourth-order valence-corrected chi connectivity index (χ4v) is 3.40. The van der Waals surface area contributed by atoms with Crippen molar-refractivity contribution in [3.8, 4) is 0 Å². The highest BCUT2D eigenvalue weighted by molar-refractivity contribution is 5.98. The van der Waals surface area contributed by atoms with E-state index in [1.165, 1.54) is 0 Å². The van der Waals surface area contributed by atoms with E-state index in [4.69, 9.17) is 9.47 Å². The van der Waals surface area contributed by atoms with Crippen molar-refractivity contribution >= 4 is 11.9 Å². The second-order valence-electron chi connectivity index (χ2n) is 6.14. The number of fused-ring (bicyclic) bond motifs is 5. The molecule has 3 saturated heterocycles. The van der Waals surface area contributed by atoms with E-state index in [0.29, 0.717) is 5.92 Å². The van der Waals surface area contributed by atoms with Gasteiger partial charge in [-0.15, -0.1) is 0 Å². The summed E-state index contributed by atoms with van der Waals surface area (Å²) >= 11 is 0. The molecule has 88 valence electrons. The van der Waals surface area contributed by atoms with Gasteiger partial charge in [-0.25, -0.2) is 0 Å². The number of carbonyl (C=O) groups excluding carboxylic acids is 2. The van der Waals surface area contributed by atoms with E-state index in [-0.39, 0.29) is 41.4 Å². The highest BCUT2D eigenvalue weighted by Crippen LogP contribution is 2.54. The molecular weight excluding hydrogens is 208 g/mol. The molecule has 0 aromatic carbocycles. The molecular formula is C12H16O4. The molecule has 3 heterocycles. The minimum atomic E-state index is -0.380. The summed E-state index contributed by atoms with van der Waals surface area (Å²) in [6, 6.07) is 0. The van der Waals surface area contributed by atoms with Crippen molar-refractivity contribution in [1.29, 1.82) is 0 Å². The summed E-state index contributed by atoms with van der Waals surface area (Å²) in [6.45, 7) is 6.45. The topological polar surface area (TPSA) is 52.6 Å². The van der Waals surface area contributed by atoms with Gasteiger partial charge in [0.05, 0.1) is 24.0 Å². The Bertz CT molecular complexity index is 368. The Balaban J connectivity index is 1.93. The number of rotatable bonds is 0. The number of cyclic esters (lactones) is 2. The summed E-state index contributed by atoms with van der Waals surface area (Å²) in [5, 5.41) is 0. The fourth-order valence-electron chi connectivity index (χ4n) is 3.40. The minimum Gasteiger partial charge on any atom is -0.393 e. The molecule has 3 aliphatic heterocycles. The standard InChI is InChI=1S/C12H16O4/c1-12(2,3)5-4-6-7-8(9(5)15-6)11(14)16-10(7)13/h5-9H,4H2,1-3H3. The normalized spacial score (nSPS) is 46.1. The van der Waals surface area contributed by atoms with Crippen molar-refractivity contribution in [2.75, 3.05) is 0 Å². The summed E-state index contributed by atoms with van der Waals surface area (Å²) in [7, 11) is 0. The van der Waals surface area contributed by atoms with Gasteiger partial charge in [0.2, 0.25) is 0 Å². The first kappa shape index (κ1) is 10.3. The Hall–Kier alpha value is -0.900. The largest absolute Gasteiger partial charge is 0.393 e. The second kappa shape index (κ2) is 2.86. The van der Waals surface area contributed by atoms with Gasteiger partial charge in [-0.05, 0) is 17.8 Å². The molecule has 5 atom stereocenters. The first-order valence-electron chi connectivity index (χ1n) is 5.80. The van der Waals surface area contributed by atoms with Crippen molar-refractivity contribution in [2.45, 2.75) is 39.4 Å². The predicted octanol–water partition coefficient (Wildman–Crippen LogP) is 1.14. The van der Waals surface area contributed by atoms with Gasteiger partial charge in [0.15, 0.2) is 0 Å². The maximum Gasteiger partial charge on any atom is 0.320 e. The average Bonchev–Trinajstić information content (AvgIpc) is 2.76. The van der Waals surface area contributed by atoms with Crippen LogP contribution in [0.25, 0.3) is 0 Å². The van der Waals surface area contributed by atoms with Crippen LogP contribution < -0.4 is 0 Å². The van der Waals surface area contributed by atoms with E-state index >= 15 is 0 Å². The molecule has 0 radical (unpaired) electrons. The highest BCUT2D eigenvalue weighted by Gasteiger charge is 2.65. The number of ether oxygens (including phenoxy) is 2. The van der Waals surface area contributed by atoms with Gasteiger partial charge in [-0.1, -0.05) is 20.8 Å². The van der Waals surface area contributed by atoms with Gasteiger partial charge in [-0.3, -0.25) is 9.59 Å². The third-order valence-electron chi connectivity index (χ3n) is 4.21. The van der Waals surface area contributed by atoms with E-state index in [0.717, 1.165) is 6.42 Å². The van der Waals surface area contributed by atoms with Crippen molar-refractivity contribution in [2.24, 2.45) is 23.2 Å². The smallest absolute Gasteiger partial charge is 0.320 e. The summed E-state index contributed by atoms with van der Waals surface area (Å²) in [4.78, 5) is 23.1. The second-order valence-corrected chi connectivity index (χ2v) is 6.14. The van der Waals surface area contributed by atoms with Crippen molar-refractivity contribution in [3.05, 3.63) is 0 Å². The molecule has 0 amide bonds. The lowest BCUT2D eigenvalue weighted by Gasteiger charge is -2.34. The van der Waals surface area contributed by atoms with Crippen LogP contribution in [-0.4, -0.2) is 24.1 Å². The molecule has 3 fully saturated rings. The van der Waals surface area contributed by atoms with E-state index in [1.807, 2.05) is 0 Å². The number of carbonyl (C=O) groups is 2. The third-order valence-corrected chi connectivity index (χ3v) is 4.21. The summed E-state index contributed by atoms with van der Waals surface area (Å²) in [5.74, 6) is -1.07. The zero-order chi connectivity index (χ0) is 11.7. The van der Waals surface area contributed by atoms with E-state index in [9.17, 15) is 9.59 Å². The minimum absolute atomic E-state index is 0.0989. The van der Waals surface area contributed by atoms with E-state index in [1.54, 1.807) is 0 Å². The van der Waals surface area contributed by atoms with E-state index < -0.39 is 0 Å². The Morgan fingerprint density at radius 3 is 2.38 bits per heavy atom. The Morgan fingerprint density at radius 2 is 1.75 bits per heavy atom. The van der Waals surface area contributed by atoms with Crippen LogP contribution in [-0.2, 0) is 19.1 Å². The molecule has 0 N–H and O–H groups in total.